The van der Waals surface area contributed by atoms with Crippen LogP contribution >= 0.6 is 0 Å². The molecule has 1 heterocycles. The molecule has 1 unspecified atom stereocenters. The van der Waals surface area contributed by atoms with Crippen molar-refractivity contribution in [3.05, 3.63) is 59.4 Å². The number of rotatable bonds is 4. The SMILES string of the molecule is COc1cccc(CNC2COc3ccccc32)c1F. The molecule has 2 aromatic carbocycles. The second kappa shape index (κ2) is 5.51. The fourth-order valence-electron chi connectivity index (χ4n) is 2.42. The van der Waals surface area contributed by atoms with Crippen LogP contribution in [0.3, 0.4) is 0 Å². The van der Waals surface area contributed by atoms with Crippen LogP contribution < -0.4 is 14.8 Å². The molecule has 0 fully saturated rings. The third kappa shape index (κ3) is 2.34. The first-order valence-corrected chi connectivity index (χ1v) is 6.56. The van der Waals surface area contributed by atoms with Crippen LogP contribution in [0.5, 0.6) is 11.5 Å². The minimum atomic E-state index is -0.310. The highest BCUT2D eigenvalue weighted by molar-refractivity contribution is 5.39. The number of fused-ring (bicyclic) bond motifs is 1. The lowest BCUT2D eigenvalue weighted by Gasteiger charge is -2.13. The van der Waals surface area contributed by atoms with Gasteiger partial charge >= 0.3 is 0 Å². The number of halogens is 1. The molecule has 2 aromatic rings. The molecule has 0 saturated carbocycles. The fourth-order valence-corrected chi connectivity index (χ4v) is 2.42. The van der Waals surface area contributed by atoms with E-state index in [0.29, 0.717) is 18.7 Å². The summed E-state index contributed by atoms with van der Waals surface area (Å²) in [6.45, 7) is 1.01. The number of ether oxygens (including phenoxy) is 2. The Morgan fingerprint density at radius 2 is 2.10 bits per heavy atom. The van der Waals surface area contributed by atoms with E-state index in [1.807, 2.05) is 24.3 Å². The summed E-state index contributed by atoms with van der Waals surface area (Å²) in [4.78, 5) is 0. The van der Waals surface area contributed by atoms with Gasteiger partial charge in [0, 0.05) is 17.7 Å². The number of para-hydroxylation sites is 1. The minimum absolute atomic E-state index is 0.0943. The smallest absolute Gasteiger partial charge is 0.169 e. The number of hydrogen-bond acceptors (Lipinski definition) is 3. The van der Waals surface area contributed by atoms with Gasteiger partial charge in [-0.05, 0) is 12.1 Å². The quantitative estimate of drug-likeness (QED) is 0.928. The average Bonchev–Trinajstić information content (AvgIpc) is 2.89. The molecule has 0 radical (unpaired) electrons. The summed E-state index contributed by atoms with van der Waals surface area (Å²) < 4.78 is 24.6. The molecule has 0 aliphatic carbocycles. The minimum Gasteiger partial charge on any atom is -0.494 e. The zero-order valence-corrected chi connectivity index (χ0v) is 11.2. The topological polar surface area (TPSA) is 30.5 Å². The van der Waals surface area contributed by atoms with E-state index in [2.05, 4.69) is 5.32 Å². The van der Waals surface area contributed by atoms with Crippen molar-refractivity contribution < 1.29 is 13.9 Å². The van der Waals surface area contributed by atoms with Crippen molar-refractivity contribution in [3.63, 3.8) is 0 Å². The Bertz CT molecular complexity index is 615. The molecule has 1 N–H and O–H groups in total. The van der Waals surface area contributed by atoms with Gasteiger partial charge < -0.3 is 14.8 Å². The Hall–Kier alpha value is -2.07. The predicted molar refractivity (Wildman–Crippen MR) is 74.5 cm³/mol. The number of benzene rings is 2. The van der Waals surface area contributed by atoms with Gasteiger partial charge in [-0.25, -0.2) is 4.39 Å². The molecular formula is C16H16FNO2. The van der Waals surface area contributed by atoms with E-state index in [1.165, 1.54) is 7.11 Å². The van der Waals surface area contributed by atoms with Gasteiger partial charge in [-0.15, -0.1) is 0 Å². The Labute approximate surface area is 117 Å². The van der Waals surface area contributed by atoms with Gasteiger partial charge in [0.1, 0.15) is 12.4 Å². The molecule has 0 bridgehead atoms. The van der Waals surface area contributed by atoms with Crippen LogP contribution in [0.15, 0.2) is 42.5 Å². The van der Waals surface area contributed by atoms with E-state index < -0.39 is 0 Å². The molecule has 0 amide bonds. The van der Waals surface area contributed by atoms with Crippen LogP contribution in [-0.4, -0.2) is 13.7 Å². The van der Waals surface area contributed by atoms with Gasteiger partial charge in [0.2, 0.25) is 0 Å². The molecule has 1 aliphatic heterocycles. The van der Waals surface area contributed by atoms with Crippen LogP contribution in [0, 0.1) is 5.82 Å². The Kier molecular flexibility index (Phi) is 3.56. The first-order chi connectivity index (χ1) is 9.79. The molecule has 0 spiro atoms. The summed E-state index contributed by atoms with van der Waals surface area (Å²) in [7, 11) is 1.47. The lowest BCUT2D eigenvalue weighted by Crippen LogP contribution is -2.22. The molecule has 0 aromatic heterocycles. The summed E-state index contributed by atoms with van der Waals surface area (Å²) >= 11 is 0. The summed E-state index contributed by atoms with van der Waals surface area (Å²) in [5, 5.41) is 3.33. The molecule has 3 nitrogen and oxygen atoms in total. The van der Waals surface area contributed by atoms with Gasteiger partial charge in [-0.2, -0.15) is 0 Å². The monoisotopic (exact) mass is 273 g/mol. The Balaban J connectivity index is 1.72. The van der Waals surface area contributed by atoms with Crippen LogP contribution in [0.2, 0.25) is 0 Å². The summed E-state index contributed by atoms with van der Waals surface area (Å²) in [6.07, 6.45) is 0. The summed E-state index contributed by atoms with van der Waals surface area (Å²) in [5.74, 6) is 0.859. The fraction of sp³-hybridized carbons (Fsp3) is 0.250. The molecule has 104 valence electrons. The van der Waals surface area contributed by atoms with Crippen molar-refractivity contribution >= 4 is 0 Å². The normalized spacial score (nSPS) is 16.6. The highest BCUT2D eigenvalue weighted by Crippen LogP contribution is 2.32. The van der Waals surface area contributed by atoms with Crippen LogP contribution in [0.25, 0.3) is 0 Å². The average molecular weight is 273 g/mol. The molecule has 1 aliphatic rings. The third-order valence-electron chi connectivity index (χ3n) is 3.50. The maximum atomic E-state index is 14.0. The van der Waals surface area contributed by atoms with Crippen molar-refractivity contribution in [2.45, 2.75) is 12.6 Å². The first kappa shape index (κ1) is 12.9. The molecule has 20 heavy (non-hydrogen) atoms. The van der Waals surface area contributed by atoms with E-state index in [1.54, 1.807) is 18.2 Å². The second-order valence-electron chi connectivity index (χ2n) is 4.72. The van der Waals surface area contributed by atoms with E-state index in [0.717, 1.165) is 11.3 Å². The Morgan fingerprint density at radius 1 is 1.25 bits per heavy atom. The second-order valence-corrected chi connectivity index (χ2v) is 4.72. The van der Waals surface area contributed by atoms with E-state index in [4.69, 9.17) is 9.47 Å². The predicted octanol–water partition coefficient (Wildman–Crippen LogP) is 3.06. The molecule has 1 atom stereocenters. The molecule has 3 rings (SSSR count). The van der Waals surface area contributed by atoms with E-state index >= 15 is 0 Å². The van der Waals surface area contributed by atoms with Gasteiger partial charge in [0.25, 0.3) is 0 Å². The molecular weight excluding hydrogens is 257 g/mol. The highest BCUT2D eigenvalue weighted by Gasteiger charge is 2.23. The van der Waals surface area contributed by atoms with Gasteiger partial charge in [0.05, 0.1) is 13.2 Å². The van der Waals surface area contributed by atoms with Crippen molar-refractivity contribution in [3.8, 4) is 11.5 Å². The van der Waals surface area contributed by atoms with Gasteiger partial charge in [-0.3, -0.25) is 0 Å². The van der Waals surface area contributed by atoms with Crippen molar-refractivity contribution in [1.82, 2.24) is 5.32 Å². The van der Waals surface area contributed by atoms with Crippen LogP contribution in [-0.2, 0) is 6.54 Å². The van der Waals surface area contributed by atoms with E-state index in [9.17, 15) is 4.39 Å². The lowest BCUT2D eigenvalue weighted by molar-refractivity contribution is 0.309. The van der Waals surface area contributed by atoms with Crippen molar-refractivity contribution in [1.29, 1.82) is 0 Å². The zero-order valence-electron chi connectivity index (χ0n) is 11.2. The van der Waals surface area contributed by atoms with Crippen LogP contribution in [0.1, 0.15) is 17.2 Å². The highest BCUT2D eigenvalue weighted by atomic mass is 19.1. The molecule has 0 saturated heterocycles. The number of methoxy groups -OCH3 is 1. The Morgan fingerprint density at radius 3 is 2.95 bits per heavy atom. The van der Waals surface area contributed by atoms with Crippen molar-refractivity contribution in [2.75, 3.05) is 13.7 Å². The lowest BCUT2D eigenvalue weighted by atomic mass is 10.1. The maximum absolute atomic E-state index is 14.0. The molecule has 4 heteroatoms. The maximum Gasteiger partial charge on any atom is 0.169 e. The number of hydrogen-bond donors (Lipinski definition) is 1. The van der Waals surface area contributed by atoms with E-state index in [-0.39, 0.29) is 17.6 Å². The first-order valence-electron chi connectivity index (χ1n) is 6.56. The standard InChI is InChI=1S/C16H16FNO2/c1-19-15-8-4-5-11(16(15)17)9-18-13-10-20-14-7-3-2-6-12(13)14/h2-8,13,18H,9-10H2,1H3. The van der Waals surface area contributed by atoms with Gasteiger partial charge in [0.15, 0.2) is 11.6 Å². The largest absolute Gasteiger partial charge is 0.494 e. The zero-order chi connectivity index (χ0) is 13.9. The van der Waals surface area contributed by atoms with Crippen LogP contribution in [0.4, 0.5) is 4.39 Å². The third-order valence-corrected chi connectivity index (χ3v) is 3.50. The number of nitrogens with one attached hydrogen (secondary N) is 1. The van der Waals surface area contributed by atoms with Gasteiger partial charge in [-0.1, -0.05) is 30.3 Å². The summed E-state index contributed by atoms with van der Waals surface area (Å²) in [5.41, 5.74) is 1.71. The van der Waals surface area contributed by atoms with Crippen molar-refractivity contribution in [2.24, 2.45) is 0 Å². The summed E-state index contributed by atoms with van der Waals surface area (Å²) in [6, 6.07) is 13.2.